The molecule has 0 aliphatic carbocycles. The van der Waals surface area contributed by atoms with Crippen LogP contribution in [-0.2, 0) is 14.8 Å². The summed E-state index contributed by atoms with van der Waals surface area (Å²) in [7, 11) is -4.47. The van der Waals surface area contributed by atoms with Gasteiger partial charge in [-0.2, -0.15) is 0 Å². The molecule has 1 rings (SSSR count). The zero-order chi connectivity index (χ0) is 14.6. The van der Waals surface area contributed by atoms with Gasteiger partial charge in [0, 0.05) is 12.2 Å². The molecule has 0 bridgehead atoms. The fourth-order valence-corrected chi connectivity index (χ4v) is 2.43. The van der Waals surface area contributed by atoms with Crippen LogP contribution in [0.3, 0.4) is 0 Å². The first-order chi connectivity index (χ1) is 8.77. The second-order valence-corrected chi connectivity index (χ2v) is 5.30. The summed E-state index contributed by atoms with van der Waals surface area (Å²) in [5.41, 5.74) is 4.94. The second-order valence-electron chi connectivity index (χ2n) is 3.59. The van der Waals surface area contributed by atoms with E-state index in [2.05, 4.69) is 5.32 Å². The van der Waals surface area contributed by atoms with Gasteiger partial charge in [0.1, 0.15) is 11.6 Å². The maximum absolute atomic E-state index is 13.4. The van der Waals surface area contributed by atoms with Crippen molar-refractivity contribution >= 4 is 21.6 Å². The predicted octanol–water partition coefficient (Wildman–Crippen LogP) is -0.0386. The zero-order valence-corrected chi connectivity index (χ0v) is 10.9. The molecule has 1 aromatic rings. The van der Waals surface area contributed by atoms with Crippen molar-refractivity contribution < 1.29 is 22.0 Å². The molecule has 0 spiro atoms. The number of benzene rings is 1. The summed E-state index contributed by atoms with van der Waals surface area (Å²) in [6.45, 7) is 1.34. The minimum Gasteiger partial charge on any atom is -0.399 e. The number of sulfonamides is 1. The van der Waals surface area contributed by atoms with Crippen LogP contribution in [0.15, 0.2) is 17.0 Å². The van der Waals surface area contributed by atoms with Crippen LogP contribution in [0, 0.1) is 11.6 Å². The first kappa shape index (κ1) is 15.3. The Hall–Kier alpha value is -1.74. The van der Waals surface area contributed by atoms with Crippen LogP contribution in [0.2, 0.25) is 0 Å². The van der Waals surface area contributed by atoms with Crippen LogP contribution in [0.5, 0.6) is 0 Å². The van der Waals surface area contributed by atoms with E-state index in [-0.39, 0.29) is 5.69 Å². The highest BCUT2D eigenvalue weighted by Crippen LogP contribution is 2.21. The molecule has 0 unspecified atom stereocenters. The molecule has 19 heavy (non-hydrogen) atoms. The number of amides is 1. The highest BCUT2D eigenvalue weighted by molar-refractivity contribution is 7.89. The Morgan fingerprint density at radius 2 is 1.84 bits per heavy atom. The SMILES string of the molecule is CCNC(=O)CNS(=O)(=O)c1c(F)cc(N)cc1F. The smallest absolute Gasteiger partial charge is 0.246 e. The molecule has 1 amide bonds. The summed E-state index contributed by atoms with van der Waals surface area (Å²) >= 11 is 0. The molecule has 6 nitrogen and oxygen atoms in total. The van der Waals surface area contributed by atoms with E-state index in [1.807, 2.05) is 0 Å². The molecule has 4 N–H and O–H groups in total. The number of nitrogens with two attached hydrogens (primary N) is 1. The first-order valence-electron chi connectivity index (χ1n) is 5.28. The summed E-state index contributed by atoms with van der Waals surface area (Å²) in [6.07, 6.45) is 0. The summed E-state index contributed by atoms with van der Waals surface area (Å²) in [4.78, 5) is 9.94. The van der Waals surface area contributed by atoms with Crippen molar-refractivity contribution in [2.24, 2.45) is 0 Å². The third kappa shape index (κ3) is 3.86. The van der Waals surface area contributed by atoms with Crippen molar-refractivity contribution in [1.29, 1.82) is 0 Å². The van der Waals surface area contributed by atoms with Gasteiger partial charge in [0.25, 0.3) is 0 Å². The molecule has 0 atom stereocenters. The number of nitrogens with one attached hydrogen (secondary N) is 2. The van der Waals surface area contributed by atoms with Crippen LogP contribution in [0.25, 0.3) is 0 Å². The maximum atomic E-state index is 13.4. The molecular weight excluding hydrogens is 280 g/mol. The lowest BCUT2D eigenvalue weighted by Crippen LogP contribution is -2.37. The van der Waals surface area contributed by atoms with Crippen LogP contribution in [0.4, 0.5) is 14.5 Å². The van der Waals surface area contributed by atoms with Crippen molar-refractivity contribution in [3.05, 3.63) is 23.8 Å². The molecule has 0 aliphatic rings. The van der Waals surface area contributed by atoms with Gasteiger partial charge in [-0.1, -0.05) is 0 Å². The van der Waals surface area contributed by atoms with Gasteiger partial charge in [-0.25, -0.2) is 21.9 Å². The standard InChI is InChI=1S/C10H13F2N3O3S/c1-2-14-9(16)5-15-19(17,18)10-7(11)3-6(13)4-8(10)12/h3-4,15H,2,5,13H2,1H3,(H,14,16). The Bertz CT molecular complexity index is 567. The van der Waals surface area contributed by atoms with Crippen LogP contribution < -0.4 is 15.8 Å². The van der Waals surface area contributed by atoms with E-state index < -0.39 is 39.0 Å². The van der Waals surface area contributed by atoms with Gasteiger partial charge in [-0.05, 0) is 19.1 Å². The Kier molecular flexibility index (Phi) is 4.78. The predicted molar refractivity (Wildman–Crippen MR) is 64.6 cm³/mol. The third-order valence-electron chi connectivity index (χ3n) is 2.09. The van der Waals surface area contributed by atoms with E-state index in [0.29, 0.717) is 18.7 Å². The van der Waals surface area contributed by atoms with E-state index in [1.54, 1.807) is 11.6 Å². The maximum Gasteiger partial charge on any atom is 0.246 e. The van der Waals surface area contributed by atoms with Crippen molar-refractivity contribution in [1.82, 2.24) is 10.0 Å². The molecule has 0 saturated heterocycles. The van der Waals surface area contributed by atoms with Gasteiger partial charge in [-0.3, -0.25) is 4.79 Å². The van der Waals surface area contributed by atoms with Crippen LogP contribution >= 0.6 is 0 Å². The second kappa shape index (κ2) is 5.93. The topological polar surface area (TPSA) is 101 Å². The van der Waals surface area contributed by atoms with Crippen molar-refractivity contribution in [3.63, 3.8) is 0 Å². The molecule has 0 radical (unpaired) electrons. The van der Waals surface area contributed by atoms with E-state index in [9.17, 15) is 22.0 Å². The summed E-state index contributed by atoms with van der Waals surface area (Å²) in [5.74, 6) is -3.25. The molecule has 9 heteroatoms. The average molecular weight is 293 g/mol. The number of hydrogen-bond donors (Lipinski definition) is 3. The molecule has 1 aromatic carbocycles. The summed E-state index contributed by atoms with van der Waals surface area (Å²) in [5, 5.41) is 2.33. The Balaban J connectivity index is 2.98. The minimum atomic E-state index is -4.47. The number of carbonyl (C=O) groups is 1. The number of nitrogen functional groups attached to an aromatic ring is 1. The highest BCUT2D eigenvalue weighted by atomic mass is 32.2. The lowest BCUT2D eigenvalue weighted by atomic mass is 10.3. The summed E-state index contributed by atoms with van der Waals surface area (Å²) < 4.78 is 52.0. The normalized spacial score (nSPS) is 11.3. The fourth-order valence-electron chi connectivity index (χ4n) is 1.33. The van der Waals surface area contributed by atoms with E-state index >= 15 is 0 Å². The Morgan fingerprint density at radius 1 is 1.32 bits per heavy atom. The van der Waals surface area contributed by atoms with Gasteiger partial charge >= 0.3 is 0 Å². The van der Waals surface area contributed by atoms with E-state index in [1.165, 1.54) is 0 Å². The van der Waals surface area contributed by atoms with Crippen LogP contribution in [-0.4, -0.2) is 27.4 Å². The van der Waals surface area contributed by atoms with E-state index in [4.69, 9.17) is 5.73 Å². The van der Waals surface area contributed by atoms with Gasteiger partial charge in [0.2, 0.25) is 15.9 Å². The number of likely N-dealkylation sites (N-methyl/N-ethyl adjacent to an activating group) is 1. The number of anilines is 1. The molecule has 106 valence electrons. The number of hydrogen-bond acceptors (Lipinski definition) is 4. The third-order valence-corrected chi connectivity index (χ3v) is 3.54. The van der Waals surface area contributed by atoms with Gasteiger partial charge in [-0.15, -0.1) is 0 Å². The minimum absolute atomic E-state index is 0.238. The van der Waals surface area contributed by atoms with Gasteiger partial charge in [0.15, 0.2) is 4.90 Å². The van der Waals surface area contributed by atoms with Gasteiger partial charge in [0.05, 0.1) is 6.54 Å². The number of carbonyl (C=O) groups excluding carboxylic acids is 1. The Morgan fingerprint density at radius 3 is 2.32 bits per heavy atom. The molecule has 0 fully saturated rings. The van der Waals surface area contributed by atoms with Crippen LogP contribution in [0.1, 0.15) is 6.92 Å². The molecule has 0 saturated carbocycles. The van der Waals surface area contributed by atoms with Crippen molar-refractivity contribution in [2.75, 3.05) is 18.8 Å². The molecule has 0 aliphatic heterocycles. The molecule has 0 heterocycles. The van der Waals surface area contributed by atoms with E-state index in [0.717, 1.165) is 0 Å². The number of halogens is 2. The average Bonchev–Trinajstić information content (AvgIpc) is 2.25. The molecule has 0 aromatic heterocycles. The largest absolute Gasteiger partial charge is 0.399 e. The van der Waals surface area contributed by atoms with Crippen molar-refractivity contribution in [2.45, 2.75) is 11.8 Å². The zero-order valence-electron chi connectivity index (χ0n) is 10.0. The number of rotatable bonds is 5. The van der Waals surface area contributed by atoms with Gasteiger partial charge < -0.3 is 11.1 Å². The summed E-state index contributed by atoms with van der Waals surface area (Å²) in [6, 6.07) is 1.37. The van der Waals surface area contributed by atoms with Crippen molar-refractivity contribution in [3.8, 4) is 0 Å². The lowest BCUT2D eigenvalue weighted by Gasteiger charge is -2.09. The highest BCUT2D eigenvalue weighted by Gasteiger charge is 2.25. The molecular formula is C10H13F2N3O3S. The lowest BCUT2D eigenvalue weighted by molar-refractivity contribution is -0.119. The Labute approximate surface area is 109 Å². The monoisotopic (exact) mass is 293 g/mol. The quantitative estimate of drug-likeness (QED) is 0.663. The fraction of sp³-hybridized carbons (Fsp3) is 0.300. The first-order valence-corrected chi connectivity index (χ1v) is 6.77.